The Morgan fingerprint density at radius 2 is 1.77 bits per heavy atom. The van der Waals surface area contributed by atoms with Crippen molar-refractivity contribution in [2.45, 2.75) is 133 Å². The minimum absolute atomic E-state index is 0.0618. The van der Waals surface area contributed by atoms with Crippen molar-refractivity contribution in [1.82, 2.24) is 24.8 Å². The van der Waals surface area contributed by atoms with Crippen LogP contribution >= 0.6 is 0 Å². The molecule has 66 heavy (non-hydrogen) atoms. The van der Waals surface area contributed by atoms with Gasteiger partial charge in [-0.05, 0) is 143 Å². The second-order valence-electron chi connectivity index (χ2n) is 20.0. The average Bonchev–Trinajstić information content (AvgIpc) is 4.23. The first-order valence-corrected chi connectivity index (χ1v) is 25.0. The van der Waals surface area contributed by atoms with Crippen molar-refractivity contribution in [3.05, 3.63) is 60.4 Å². The van der Waals surface area contributed by atoms with E-state index < -0.39 is 80.5 Å². The molecule has 4 amide bonds. The third kappa shape index (κ3) is 9.15. The molecule has 15 nitrogen and oxygen atoms in total. The molecule has 0 spiro atoms. The molecule has 2 aromatic carbocycles. The quantitative estimate of drug-likeness (QED) is 0.171. The van der Waals surface area contributed by atoms with Gasteiger partial charge in [-0.15, -0.1) is 0 Å². The molecule has 3 heterocycles. The molecule has 2 aliphatic heterocycles. The van der Waals surface area contributed by atoms with Crippen LogP contribution in [0.25, 0.3) is 22.0 Å². The summed E-state index contributed by atoms with van der Waals surface area (Å²) < 4.78 is 61.7. The highest BCUT2D eigenvalue weighted by Gasteiger charge is 2.62. The van der Waals surface area contributed by atoms with Crippen LogP contribution in [-0.2, 0) is 24.4 Å². The molecule has 3 aromatic rings. The van der Waals surface area contributed by atoms with Gasteiger partial charge in [-0.25, -0.2) is 22.6 Å². The Balaban J connectivity index is 1.09. The molecule has 4 saturated carbocycles. The van der Waals surface area contributed by atoms with Crippen molar-refractivity contribution in [3.63, 3.8) is 0 Å². The van der Waals surface area contributed by atoms with Crippen LogP contribution in [0.4, 0.5) is 9.18 Å². The smallest absolute Gasteiger partial charge is 0.408 e. The van der Waals surface area contributed by atoms with Crippen LogP contribution in [0.3, 0.4) is 0 Å². The highest BCUT2D eigenvalue weighted by Crippen LogP contribution is 2.54. The van der Waals surface area contributed by atoms with Crippen molar-refractivity contribution in [2.75, 3.05) is 13.7 Å². The maximum absolute atomic E-state index is 15.5. The fourth-order valence-electron chi connectivity index (χ4n) is 10.8. The van der Waals surface area contributed by atoms with Gasteiger partial charge in [-0.2, -0.15) is 0 Å². The Morgan fingerprint density at radius 1 is 1.02 bits per heavy atom. The molecule has 5 fully saturated rings. The summed E-state index contributed by atoms with van der Waals surface area (Å²) in [4.78, 5) is 65.5. The van der Waals surface area contributed by atoms with Crippen LogP contribution in [-0.4, -0.2) is 107 Å². The van der Waals surface area contributed by atoms with E-state index in [2.05, 4.69) is 17.0 Å². The second-order valence-corrected chi connectivity index (χ2v) is 21.9. The molecule has 0 radical (unpaired) electrons. The zero-order chi connectivity index (χ0) is 46.8. The molecule has 1 saturated heterocycles. The Kier molecular flexibility index (Phi) is 12.2. The summed E-state index contributed by atoms with van der Waals surface area (Å²) in [6, 6.07) is 8.96. The molecule has 9 rings (SSSR count). The van der Waals surface area contributed by atoms with Gasteiger partial charge in [0.25, 0.3) is 5.91 Å². The van der Waals surface area contributed by atoms with E-state index in [0.717, 1.165) is 12.8 Å². The van der Waals surface area contributed by atoms with Gasteiger partial charge in [0.15, 0.2) is 11.6 Å². The summed E-state index contributed by atoms with van der Waals surface area (Å²) in [6.07, 6.45) is 6.80. The number of pyridine rings is 1. The fraction of sp³-hybridized carbons (Fsp3) is 0.571. The number of ether oxygens (including phenoxy) is 3. The number of aromatic nitrogens is 1. The molecular formula is C49H60FN5O10S. The number of rotatable bonds is 11. The normalized spacial score (nSPS) is 31.4. The van der Waals surface area contributed by atoms with Crippen LogP contribution in [0.5, 0.6) is 17.4 Å². The average molecular weight is 930 g/mol. The standard InChI is InChI=1S/C49H60FN5O10S/c1-26(2)64-42-15-10-29(21-39(42)50)40-22-32-20-35(63-5)11-14-38(32)45(51-40)65-36-23-41-44(56)52-49(47(58)53-66(61,62)37-12-13-37)24-33(49)9-7-6-8-27(3)16-28(4)43(46(57)54(41)25-36)55(48(59)60)34-18-30-17-31(30)19-34/h7,9-11,14-15,20-22,26-28,30-31,33-34,36-37,41,43H,6,8,12-13,16-19,23-25H2,1-5H3,(H,52,56)(H,53,58)(H,59,60)/b9-7-/t27-,28-,30+,31?,33-,34-,36-,41+,43+,49-/m1/s1. The summed E-state index contributed by atoms with van der Waals surface area (Å²) in [5.41, 5.74) is -0.772. The van der Waals surface area contributed by atoms with Crippen LogP contribution in [0.2, 0.25) is 0 Å². The number of carbonyl (C=O) groups excluding carboxylic acids is 3. The lowest BCUT2D eigenvalue weighted by Gasteiger charge is -2.40. The van der Waals surface area contributed by atoms with Gasteiger partial charge in [0.2, 0.25) is 27.7 Å². The summed E-state index contributed by atoms with van der Waals surface area (Å²) in [7, 11) is -2.42. The Bertz CT molecular complexity index is 2560. The topological polar surface area (TPSA) is 194 Å². The summed E-state index contributed by atoms with van der Waals surface area (Å²) >= 11 is 0. The van der Waals surface area contributed by atoms with Crippen LogP contribution < -0.4 is 24.2 Å². The van der Waals surface area contributed by atoms with Crippen LogP contribution in [0, 0.1) is 35.4 Å². The number of methoxy groups -OCH3 is 1. The number of benzene rings is 2. The van der Waals surface area contributed by atoms with Crippen LogP contribution in [0.1, 0.15) is 91.9 Å². The van der Waals surface area contributed by atoms with Gasteiger partial charge in [-0.3, -0.25) is 24.0 Å². The lowest BCUT2D eigenvalue weighted by Crippen LogP contribution is -2.61. The molecular weight excluding hydrogens is 870 g/mol. The van der Waals surface area contributed by atoms with E-state index in [4.69, 9.17) is 19.2 Å². The van der Waals surface area contributed by atoms with Crippen molar-refractivity contribution in [3.8, 4) is 28.6 Å². The summed E-state index contributed by atoms with van der Waals surface area (Å²) in [5, 5.41) is 14.4. The first-order chi connectivity index (χ1) is 31.4. The number of carboxylic acid groups (broad SMARTS) is 1. The van der Waals surface area contributed by atoms with Gasteiger partial charge in [0.05, 0.1) is 30.7 Å². The number of fused-ring (bicyclic) bond motifs is 4. The van der Waals surface area contributed by atoms with Gasteiger partial charge in [-0.1, -0.05) is 26.0 Å². The van der Waals surface area contributed by atoms with Crippen molar-refractivity contribution < 1.29 is 51.3 Å². The predicted molar refractivity (Wildman–Crippen MR) is 243 cm³/mol. The maximum Gasteiger partial charge on any atom is 0.408 e. The van der Waals surface area contributed by atoms with Gasteiger partial charge < -0.3 is 29.5 Å². The monoisotopic (exact) mass is 929 g/mol. The van der Waals surface area contributed by atoms with E-state index in [1.165, 1.54) is 21.9 Å². The molecule has 1 unspecified atom stereocenters. The molecule has 10 atom stereocenters. The van der Waals surface area contributed by atoms with Gasteiger partial charge in [0, 0.05) is 29.3 Å². The van der Waals surface area contributed by atoms with Crippen molar-refractivity contribution in [2.24, 2.45) is 29.6 Å². The van der Waals surface area contributed by atoms with E-state index in [0.29, 0.717) is 78.1 Å². The number of carbonyl (C=O) groups is 4. The highest BCUT2D eigenvalue weighted by molar-refractivity contribution is 7.91. The summed E-state index contributed by atoms with van der Waals surface area (Å²) in [6.45, 7) is 7.47. The second kappa shape index (κ2) is 17.6. The zero-order valence-electron chi connectivity index (χ0n) is 38.1. The number of amides is 4. The molecule has 3 N–H and O–H groups in total. The Hall–Kier alpha value is -5.45. The SMILES string of the molecule is COc1ccc2c(O[C@@H]3C[C@H]4C(=O)N[C@]5(C(=O)NS(=O)(=O)C6CC6)C[C@H]5/C=C\CC[C@@H](C)C[C@@H](C)[C@H](N(C(=O)O)[C@H]5CC6C[C@H]6C5)C(=O)N4C3)nc(-c3ccc(OC(C)C)c(F)c3)cc2c1. The van der Waals surface area contributed by atoms with E-state index in [9.17, 15) is 27.9 Å². The number of hydrogen-bond donors (Lipinski definition) is 3. The molecule has 354 valence electrons. The highest BCUT2D eigenvalue weighted by atomic mass is 32.2. The number of halogens is 1. The maximum atomic E-state index is 15.5. The molecule has 1 aromatic heterocycles. The summed E-state index contributed by atoms with van der Waals surface area (Å²) in [5.74, 6) is -1.79. The van der Waals surface area contributed by atoms with Crippen LogP contribution in [0.15, 0.2) is 54.6 Å². The largest absolute Gasteiger partial charge is 0.497 e. The molecule has 0 bridgehead atoms. The molecule has 17 heteroatoms. The Labute approximate surface area is 384 Å². The minimum atomic E-state index is -3.97. The third-order valence-corrected chi connectivity index (χ3v) is 16.4. The minimum Gasteiger partial charge on any atom is -0.497 e. The zero-order valence-corrected chi connectivity index (χ0v) is 38.9. The number of allylic oxidation sites excluding steroid dienone is 1. The van der Waals surface area contributed by atoms with Gasteiger partial charge >= 0.3 is 6.09 Å². The first kappa shape index (κ1) is 45.7. The van der Waals surface area contributed by atoms with Gasteiger partial charge in [0.1, 0.15) is 29.5 Å². The Morgan fingerprint density at radius 3 is 2.45 bits per heavy atom. The lowest BCUT2D eigenvalue weighted by molar-refractivity contribution is -0.145. The third-order valence-electron chi connectivity index (χ3n) is 14.6. The van der Waals surface area contributed by atoms with E-state index in [1.54, 1.807) is 51.3 Å². The molecule has 6 aliphatic rings. The number of nitrogens with zero attached hydrogens (tertiary/aromatic N) is 3. The number of sulfonamides is 1. The van der Waals surface area contributed by atoms with E-state index >= 15 is 9.18 Å². The number of hydrogen-bond acceptors (Lipinski definition) is 10. The van der Waals surface area contributed by atoms with E-state index in [-0.39, 0.29) is 49.1 Å². The lowest BCUT2D eigenvalue weighted by atomic mass is 9.86. The molecule has 4 aliphatic carbocycles. The predicted octanol–water partition coefficient (Wildman–Crippen LogP) is 6.83. The number of nitrogens with one attached hydrogen (secondary N) is 2. The van der Waals surface area contributed by atoms with E-state index in [1.807, 2.05) is 19.1 Å². The first-order valence-electron chi connectivity index (χ1n) is 23.4. The fourth-order valence-corrected chi connectivity index (χ4v) is 12.2. The van der Waals surface area contributed by atoms with Crippen molar-refractivity contribution >= 4 is 44.6 Å². The van der Waals surface area contributed by atoms with Crippen molar-refractivity contribution in [1.29, 1.82) is 0 Å².